The Hall–Kier alpha value is -1.81. The van der Waals surface area contributed by atoms with Crippen LogP contribution in [-0.2, 0) is 0 Å². The van der Waals surface area contributed by atoms with E-state index >= 15 is 0 Å². The SMILES string of the molecule is CN(C)C1CCCN(C(=O)c2cccc3[nH]ccc23)C1. The molecule has 106 valence electrons. The third-order valence-electron chi connectivity index (χ3n) is 4.24. The van der Waals surface area contributed by atoms with Crippen LogP contribution in [0.2, 0.25) is 0 Å². The van der Waals surface area contributed by atoms with Gasteiger partial charge in [0, 0.05) is 41.8 Å². The van der Waals surface area contributed by atoms with E-state index < -0.39 is 0 Å². The molecule has 0 spiro atoms. The molecular formula is C16H21N3O. The van der Waals surface area contributed by atoms with Gasteiger partial charge in [-0.1, -0.05) is 6.07 Å². The molecule has 2 aromatic rings. The molecule has 1 aromatic heterocycles. The van der Waals surface area contributed by atoms with Crippen molar-refractivity contribution < 1.29 is 4.79 Å². The van der Waals surface area contributed by atoms with Crippen LogP contribution in [0.1, 0.15) is 23.2 Å². The lowest BCUT2D eigenvalue weighted by atomic mass is 10.0. The molecule has 20 heavy (non-hydrogen) atoms. The maximum absolute atomic E-state index is 12.8. The van der Waals surface area contributed by atoms with Gasteiger partial charge in [0.2, 0.25) is 0 Å². The number of hydrogen-bond donors (Lipinski definition) is 1. The average Bonchev–Trinajstić information content (AvgIpc) is 2.95. The van der Waals surface area contributed by atoms with Crippen molar-refractivity contribution in [3.05, 3.63) is 36.0 Å². The van der Waals surface area contributed by atoms with Crippen molar-refractivity contribution in [2.45, 2.75) is 18.9 Å². The Morgan fingerprint density at radius 2 is 2.20 bits per heavy atom. The van der Waals surface area contributed by atoms with Gasteiger partial charge in [0.1, 0.15) is 0 Å². The van der Waals surface area contributed by atoms with E-state index in [2.05, 4.69) is 24.0 Å². The number of carbonyl (C=O) groups excluding carboxylic acids is 1. The predicted octanol–water partition coefficient (Wildman–Crippen LogP) is 2.33. The molecule has 1 aliphatic rings. The molecule has 1 saturated heterocycles. The molecule has 1 amide bonds. The largest absolute Gasteiger partial charge is 0.361 e. The minimum Gasteiger partial charge on any atom is -0.361 e. The Bertz CT molecular complexity index is 617. The number of likely N-dealkylation sites (tertiary alicyclic amines) is 1. The predicted molar refractivity (Wildman–Crippen MR) is 80.9 cm³/mol. The summed E-state index contributed by atoms with van der Waals surface area (Å²) in [5, 5.41) is 1.02. The molecule has 1 N–H and O–H groups in total. The van der Waals surface area contributed by atoms with Gasteiger partial charge in [0.15, 0.2) is 0 Å². The van der Waals surface area contributed by atoms with E-state index in [0.29, 0.717) is 6.04 Å². The van der Waals surface area contributed by atoms with E-state index in [1.54, 1.807) is 0 Å². The van der Waals surface area contributed by atoms with Crippen molar-refractivity contribution >= 4 is 16.8 Å². The van der Waals surface area contributed by atoms with Crippen LogP contribution in [0.15, 0.2) is 30.5 Å². The average molecular weight is 271 g/mol. The first-order valence-corrected chi connectivity index (χ1v) is 7.18. The third-order valence-corrected chi connectivity index (χ3v) is 4.24. The Balaban J connectivity index is 1.87. The van der Waals surface area contributed by atoms with Crippen molar-refractivity contribution in [3.63, 3.8) is 0 Å². The van der Waals surface area contributed by atoms with Crippen LogP contribution in [0.25, 0.3) is 10.9 Å². The van der Waals surface area contributed by atoms with Gasteiger partial charge >= 0.3 is 0 Å². The zero-order valence-electron chi connectivity index (χ0n) is 12.1. The molecule has 1 atom stereocenters. The number of piperidine rings is 1. The summed E-state index contributed by atoms with van der Waals surface area (Å²) in [5.41, 5.74) is 1.83. The summed E-state index contributed by atoms with van der Waals surface area (Å²) in [4.78, 5) is 20.2. The first kappa shape index (κ1) is 13.2. The van der Waals surface area contributed by atoms with Gasteiger partial charge < -0.3 is 14.8 Å². The summed E-state index contributed by atoms with van der Waals surface area (Å²) in [6.07, 6.45) is 4.14. The number of likely N-dealkylation sites (N-methyl/N-ethyl adjacent to an activating group) is 1. The second-order valence-electron chi connectivity index (χ2n) is 5.76. The van der Waals surface area contributed by atoms with E-state index in [1.807, 2.05) is 35.4 Å². The highest BCUT2D eigenvalue weighted by Crippen LogP contribution is 2.22. The lowest BCUT2D eigenvalue weighted by molar-refractivity contribution is 0.0637. The van der Waals surface area contributed by atoms with E-state index in [0.717, 1.165) is 36.0 Å². The van der Waals surface area contributed by atoms with Crippen molar-refractivity contribution in [3.8, 4) is 0 Å². The van der Waals surface area contributed by atoms with Crippen molar-refractivity contribution in [2.24, 2.45) is 0 Å². The normalized spacial score (nSPS) is 19.8. The van der Waals surface area contributed by atoms with Gasteiger partial charge in [-0.05, 0) is 45.1 Å². The molecule has 1 aromatic carbocycles. The number of rotatable bonds is 2. The molecule has 2 heterocycles. The van der Waals surface area contributed by atoms with Gasteiger partial charge in [-0.3, -0.25) is 4.79 Å². The molecule has 1 aliphatic heterocycles. The lowest BCUT2D eigenvalue weighted by Crippen LogP contribution is -2.47. The van der Waals surface area contributed by atoms with Crippen molar-refractivity contribution in [1.29, 1.82) is 0 Å². The van der Waals surface area contributed by atoms with Crippen molar-refractivity contribution in [1.82, 2.24) is 14.8 Å². The molecule has 0 aliphatic carbocycles. The number of H-pyrrole nitrogens is 1. The van der Waals surface area contributed by atoms with E-state index in [9.17, 15) is 4.79 Å². The fraction of sp³-hybridized carbons (Fsp3) is 0.438. The third kappa shape index (κ3) is 2.31. The second-order valence-corrected chi connectivity index (χ2v) is 5.76. The van der Waals surface area contributed by atoms with Crippen LogP contribution in [0, 0.1) is 0 Å². The Kier molecular flexibility index (Phi) is 3.49. The highest BCUT2D eigenvalue weighted by atomic mass is 16.2. The molecule has 3 rings (SSSR count). The standard InChI is InChI=1S/C16H21N3O/c1-18(2)12-5-4-10-19(11-12)16(20)14-6-3-7-15-13(14)8-9-17-15/h3,6-9,12,17H,4-5,10-11H2,1-2H3. The molecule has 0 bridgehead atoms. The van der Waals surface area contributed by atoms with E-state index in [4.69, 9.17) is 0 Å². The fourth-order valence-corrected chi connectivity index (χ4v) is 3.00. The topological polar surface area (TPSA) is 39.3 Å². The quantitative estimate of drug-likeness (QED) is 0.910. The first-order valence-electron chi connectivity index (χ1n) is 7.18. The van der Waals surface area contributed by atoms with Crippen LogP contribution in [0.5, 0.6) is 0 Å². The smallest absolute Gasteiger partial charge is 0.254 e. The zero-order valence-corrected chi connectivity index (χ0v) is 12.1. The van der Waals surface area contributed by atoms with Crippen LogP contribution in [0.4, 0.5) is 0 Å². The summed E-state index contributed by atoms with van der Waals surface area (Å²) < 4.78 is 0. The van der Waals surface area contributed by atoms with Crippen LogP contribution < -0.4 is 0 Å². The molecule has 1 fully saturated rings. The van der Waals surface area contributed by atoms with Gasteiger partial charge in [-0.15, -0.1) is 0 Å². The Morgan fingerprint density at radius 3 is 3.00 bits per heavy atom. The van der Waals surface area contributed by atoms with E-state index in [-0.39, 0.29) is 5.91 Å². The summed E-state index contributed by atoms with van der Waals surface area (Å²) in [6, 6.07) is 8.33. The summed E-state index contributed by atoms with van der Waals surface area (Å²) in [5.74, 6) is 0.154. The zero-order chi connectivity index (χ0) is 14.1. The number of aromatic amines is 1. The Labute approximate surface area is 119 Å². The highest BCUT2D eigenvalue weighted by molar-refractivity contribution is 6.06. The van der Waals surface area contributed by atoms with Crippen LogP contribution in [-0.4, -0.2) is 53.9 Å². The molecular weight excluding hydrogens is 250 g/mol. The number of hydrogen-bond acceptors (Lipinski definition) is 2. The van der Waals surface area contributed by atoms with Crippen LogP contribution >= 0.6 is 0 Å². The number of nitrogens with zero attached hydrogens (tertiary/aromatic N) is 2. The molecule has 1 unspecified atom stereocenters. The van der Waals surface area contributed by atoms with Crippen molar-refractivity contribution in [2.75, 3.05) is 27.2 Å². The first-order chi connectivity index (χ1) is 9.66. The highest BCUT2D eigenvalue weighted by Gasteiger charge is 2.26. The summed E-state index contributed by atoms with van der Waals surface area (Å²) in [7, 11) is 4.18. The number of aromatic nitrogens is 1. The fourth-order valence-electron chi connectivity index (χ4n) is 3.00. The molecule has 4 nitrogen and oxygen atoms in total. The van der Waals surface area contributed by atoms with Gasteiger partial charge in [-0.25, -0.2) is 0 Å². The minimum atomic E-state index is 0.154. The minimum absolute atomic E-state index is 0.154. The summed E-state index contributed by atoms with van der Waals surface area (Å²) >= 11 is 0. The maximum Gasteiger partial charge on any atom is 0.254 e. The molecule has 0 radical (unpaired) electrons. The summed E-state index contributed by atoms with van der Waals surface area (Å²) in [6.45, 7) is 1.69. The van der Waals surface area contributed by atoms with Crippen LogP contribution in [0.3, 0.4) is 0 Å². The monoisotopic (exact) mass is 271 g/mol. The number of benzene rings is 1. The lowest BCUT2D eigenvalue weighted by Gasteiger charge is -2.36. The number of carbonyl (C=O) groups is 1. The number of amides is 1. The second kappa shape index (κ2) is 5.29. The number of nitrogens with one attached hydrogen (secondary N) is 1. The van der Waals surface area contributed by atoms with Gasteiger partial charge in [-0.2, -0.15) is 0 Å². The van der Waals surface area contributed by atoms with Gasteiger partial charge in [0.25, 0.3) is 5.91 Å². The molecule has 4 heteroatoms. The Morgan fingerprint density at radius 1 is 1.35 bits per heavy atom. The molecule has 0 saturated carbocycles. The van der Waals surface area contributed by atoms with E-state index in [1.165, 1.54) is 6.42 Å². The maximum atomic E-state index is 12.8. The van der Waals surface area contributed by atoms with Gasteiger partial charge in [0.05, 0.1) is 0 Å². The number of fused-ring (bicyclic) bond motifs is 1.